The molecule has 0 saturated heterocycles. The smallest absolute Gasteiger partial charge is 0.191 e. The molecule has 1 aromatic rings. The average Bonchev–Trinajstić information content (AvgIpc) is 2.61. The summed E-state index contributed by atoms with van der Waals surface area (Å²) in [5.74, 6) is 1.64. The third kappa shape index (κ3) is 9.31. The third-order valence-corrected chi connectivity index (χ3v) is 3.66. The Hall–Kier alpha value is -1.79. The van der Waals surface area contributed by atoms with E-state index < -0.39 is 0 Å². The van der Waals surface area contributed by atoms with Gasteiger partial charge in [0.1, 0.15) is 5.75 Å². The van der Waals surface area contributed by atoms with E-state index in [1.54, 1.807) is 14.2 Å². The van der Waals surface area contributed by atoms with Crippen LogP contribution in [0.1, 0.15) is 32.8 Å². The van der Waals surface area contributed by atoms with E-state index in [9.17, 15) is 0 Å². The second-order valence-corrected chi connectivity index (χ2v) is 6.35. The van der Waals surface area contributed by atoms with Gasteiger partial charge >= 0.3 is 0 Å². The summed E-state index contributed by atoms with van der Waals surface area (Å²) in [5.41, 5.74) is 0.860. The topological polar surface area (TPSA) is 64.1 Å². The summed E-state index contributed by atoms with van der Waals surface area (Å²) in [5, 5.41) is 6.56. The lowest BCUT2D eigenvalue weighted by Gasteiger charge is -2.24. The van der Waals surface area contributed by atoms with E-state index in [0.717, 1.165) is 30.2 Å². The quantitative estimate of drug-likeness (QED) is 0.364. The first kappa shape index (κ1) is 21.3. The Morgan fingerprint density at radius 2 is 1.96 bits per heavy atom. The van der Waals surface area contributed by atoms with E-state index in [4.69, 9.17) is 14.2 Å². The lowest BCUT2D eigenvalue weighted by molar-refractivity contribution is 0.0268. The molecule has 0 heterocycles. The summed E-state index contributed by atoms with van der Waals surface area (Å²) in [6.45, 7) is 9.54. The van der Waals surface area contributed by atoms with E-state index in [1.807, 2.05) is 45.0 Å². The van der Waals surface area contributed by atoms with Crippen molar-refractivity contribution in [1.29, 1.82) is 0 Å². The van der Waals surface area contributed by atoms with Crippen LogP contribution >= 0.6 is 0 Å². The van der Waals surface area contributed by atoms with Crippen molar-refractivity contribution in [2.75, 3.05) is 40.5 Å². The molecule has 6 nitrogen and oxygen atoms in total. The number of methoxy groups -OCH3 is 2. The van der Waals surface area contributed by atoms with Crippen LogP contribution in [0.4, 0.5) is 0 Å². The normalized spacial score (nSPS) is 12.1. The molecule has 2 N–H and O–H groups in total. The molecule has 0 atom stereocenters. The van der Waals surface area contributed by atoms with E-state index in [1.165, 1.54) is 0 Å². The van der Waals surface area contributed by atoms with Crippen molar-refractivity contribution in [2.45, 2.75) is 39.3 Å². The van der Waals surface area contributed by atoms with Crippen molar-refractivity contribution in [3.63, 3.8) is 0 Å². The van der Waals surface area contributed by atoms with Crippen molar-refractivity contribution in [3.05, 3.63) is 29.8 Å². The van der Waals surface area contributed by atoms with E-state index in [2.05, 4.69) is 15.6 Å². The summed E-state index contributed by atoms with van der Waals surface area (Å²) < 4.78 is 16.2. The zero-order valence-corrected chi connectivity index (χ0v) is 16.2. The van der Waals surface area contributed by atoms with Crippen molar-refractivity contribution >= 4 is 5.96 Å². The highest BCUT2D eigenvalue weighted by atomic mass is 16.5. The fourth-order valence-electron chi connectivity index (χ4n) is 2.01. The molecule has 1 rings (SSSR count). The number of nitrogens with one attached hydrogen (secondary N) is 2. The molecule has 0 aromatic heterocycles. The molecule has 0 aliphatic rings. The molecule has 0 radical (unpaired) electrons. The zero-order valence-electron chi connectivity index (χ0n) is 16.2. The maximum Gasteiger partial charge on any atom is 0.191 e. The minimum atomic E-state index is -0.244. The number of rotatable bonds is 11. The number of benzene rings is 1. The molecule has 0 bridgehead atoms. The number of hydrogen-bond donors (Lipinski definition) is 2. The Labute approximate surface area is 152 Å². The molecule has 0 unspecified atom stereocenters. The Kier molecular flexibility index (Phi) is 9.96. The van der Waals surface area contributed by atoms with Gasteiger partial charge in [0.25, 0.3) is 0 Å². The van der Waals surface area contributed by atoms with Crippen molar-refractivity contribution < 1.29 is 14.2 Å². The molecule has 0 spiro atoms. The second-order valence-electron chi connectivity index (χ2n) is 6.35. The van der Waals surface area contributed by atoms with Crippen molar-refractivity contribution in [2.24, 2.45) is 4.99 Å². The van der Waals surface area contributed by atoms with Crippen molar-refractivity contribution in [1.82, 2.24) is 10.6 Å². The van der Waals surface area contributed by atoms with Gasteiger partial charge in [-0.15, -0.1) is 0 Å². The fraction of sp³-hybridized carbons (Fsp3) is 0.632. The molecular weight excluding hydrogens is 318 g/mol. The highest BCUT2D eigenvalue weighted by molar-refractivity contribution is 5.79. The van der Waals surface area contributed by atoms with Gasteiger partial charge in [0.15, 0.2) is 5.96 Å². The molecule has 0 fully saturated rings. The van der Waals surface area contributed by atoms with Crippen LogP contribution in [-0.4, -0.2) is 52.1 Å². The number of hydrogen-bond acceptors (Lipinski definition) is 4. The van der Waals surface area contributed by atoms with E-state index in [0.29, 0.717) is 26.3 Å². The minimum absolute atomic E-state index is 0.244. The fourth-order valence-corrected chi connectivity index (χ4v) is 2.01. The van der Waals surface area contributed by atoms with Crippen LogP contribution in [0.5, 0.6) is 5.75 Å². The molecule has 25 heavy (non-hydrogen) atoms. The number of nitrogens with zero attached hydrogens (tertiary/aromatic N) is 1. The Bertz CT molecular complexity index is 518. The van der Waals surface area contributed by atoms with E-state index >= 15 is 0 Å². The molecule has 0 saturated carbocycles. The van der Waals surface area contributed by atoms with Gasteiger partial charge in [-0.25, -0.2) is 4.99 Å². The van der Waals surface area contributed by atoms with Crippen LogP contribution in [-0.2, 0) is 16.0 Å². The van der Waals surface area contributed by atoms with Gasteiger partial charge in [0.2, 0.25) is 0 Å². The lowest BCUT2D eigenvalue weighted by atomic mass is 10.1. The maximum atomic E-state index is 5.73. The van der Waals surface area contributed by atoms with Crippen LogP contribution in [0.15, 0.2) is 29.3 Å². The third-order valence-electron chi connectivity index (χ3n) is 3.66. The van der Waals surface area contributed by atoms with Crippen LogP contribution in [0, 0.1) is 0 Å². The number of aliphatic imine (C=N–C) groups is 1. The first-order chi connectivity index (χ1) is 12.0. The van der Waals surface area contributed by atoms with Gasteiger partial charge < -0.3 is 24.8 Å². The first-order valence-corrected chi connectivity index (χ1v) is 8.78. The van der Waals surface area contributed by atoms with Crippen LogP contribution in [0.3, 0.4) is 0 Å². The second kappa shape index (κ2) is 11.7. The summed E-state index contributed by atoms with van der Waals surface area (Å²) in [6, 6.07) is 8.03. The molecule has 1 aromatic carbocycles. The van der Waals surface area contributed by atoms with Crippen LogP contribution < -0.4 is 15.4 Å². The number of guanidine groups is 1. The standard InChI is InChI=1S/C19H33N3O3/c1-6-20-18(22-15-19(2,3)24-5)21-14-16-9-7-10-17(13-16)25-12-8-11-23-4/h7,9-10,13H,6,8,11-12,14-15H2,1-5H3,(H2,20,21,22). The van der Waals surface area contributed by atoms with Gasteiger partial charge in [-0.1, -0.05) is 12.1 Å². The highest BCUT2D eigenvalue weighted by Crippen LogP contribution is 2.14. The minimum Gasteiger partial charge on any atom is -0.493 e. The Balaban J connectivity index is 2.59. The summed E-state index contributed by atoms with van der Waals surface area (Å²) in [6.07, 6.45) is 0.878. The number of ether oxygens (including phenoxy) is 3. The molecule has 0 amide bonds. The van der Waals surface area contributed by atoms with Crippen LogP contribution in [0.25, 0.3) is 0 Å². The molecule has 6 heteroatoms. The molecule has 142 valence electrons. The van der Waals surface area contributed by atoms with Gasteiger partial charge in [0.05, 0.1) is 18.8 Å². The van der Waals surface area contributed by atoms with E-state index in [-0.39, 0.29) is 5.60 Å². The predicted molar refractivity (Wildman–Crippen MR) is 102 cm³/mol. The zero-order chi connectivity index (χ0) is 18.5. The molecule has 0 aliphatic carbocycles. The van der Waals surface area contributed by atoms with Gasteiger partial charge in [0, 0.05) is 40.3 Å². The SMILES string of the molecule is CCNC(=NCc1cccc(OCCCOC)c1)NCC(C)(C)OC. The Morgan fingerprint density at radius 1 is 1.16 bits per heavy atom. The first-order valence-electron chi connectivity index (χ1n) is 8.78. The Morgan fingerprint density at radius 3 is 2.64 bits per heavy atom. The van der Waals surface area contributed by atoms with Gasteiger partial charge in [-0.05, 0) is 38.5 Å². The van der Waals surface area contributed by atoms with Crippen molar-refractivity contribution in [3.8, 4) is 5.75 Å². The summed E-state index contributed by atoms with van der Waals surface area (Å²) in [7, 11) is 3.41. The predicted octanol–water partition coefficient (Wildman–Crippen LogP) is 2.58. The summed E-state index contributed by atoms with van der Waals surface area (Å²) >= 11 is 0. The summed E-state index contributed by atoms with van der Waals surface area (Å²) in [4.78, 5) is 4.64. The van der Waals surface area contributed by atoms with Gasteiger partial charge in [-0.2, -0.15) is 0 Å². The lowest BCUT2D eigenvalue weighted by Crippen LogP contribution is -2.45. The largest absolute Gasteiger partial charge is 0.493 e. The highest BCUT2D eigenvalue weighted by Gasteiger charge is 2.16. The average molecular weight is 351 g/mol. The maximum absolute atomic E-state index is 5.73. The monoisotopic (exact) mass is 351 g/mol. The van der Waals surface area contributed by atoms with Crippen LogP contribution in [0.2, 0.25) is 0 Å². The molecule has 0 aliphatic heterocycles. The van der Waals surface area contributed by atoms with Gasteiger partial charge in [-0.3, -0.25) is 0 Å². The molecular formula is C19H33N3O3.